The van der Waals surface area contributed by atoms with Crippen molar-refractivity contribution in [1.82, 2.24) is 14.9 Å². The van der Waals surface area contributed by atoms with Gasteiger partial charge < -0.3 is 19.5 Å². The van der Waals surface area contributed by atoms with Gasteiger partial charge in [-0.3, -0.25) is 4.79 Å². The highest BCUT2D eigenvalue weighted by Gasteiger charge is 2.35. The molecule has 7 nitrogen and oxygen atoms in total. The molecule has 1 aliphatic rings. The van der Waals surface area contributed by atoms with Gasteiger partial charge in [0.05, 0.1) is 18.1 Å². The van der Waals surface area contributed by atoms with Crippen molar-refractivity contribution in [2.75, 3.05) is 13.1 Å². The lowest BCUT2D eigenvalue weighted by molar-refractivity contribution is -0.135. The first-order valence-corrected chi connectivity index (χ1v) is 13.0. The third-order valence-corrected chi connectivity index (χ3v) is 6.98. The van der Waals surface area contributed by atoms with Crippen LogP contribution in [0, 0.1) is 17.6 Å². The Kier molecular flexibility index (Phi) is 8.89. The SMILES string of the molecule is CCC(CC)CC1(O)CCN(C(=O)Cc2nc(Oc3ccc(F)cc3)cc(Oc3ccc(F)cc3)n2)CC1. The summed E-state index contributed by atoms with van der Waals surface area (Å²) < 4.78 is 38.1. The van der Waals surface area contributed by atoms with Crippen molar-refractivity contribution in [1.29, 1.82) is 0 Å². The number of carbonyl (C=O) groups excluding carboxylic acids is 1. The largest absolute Gasteiger partial charge is 0.439 e. The van der Waals surface area contributed by atoms with Crippen LogP contribution in [-0.2, 0) is 11.2 Å². The molecule has 0 atom stereocenters. The van der Waals surface area contributed by atoms with Crippen molar-refractivity contribution in [2.24, 2.45) is 5.92 Å². The first-order valence-electron chi connectivity index (χ1n) is 13.0. The standard InChI is InChI=1S/C29H33F2N3O4/c1-3-20(4-2)19-29(36)13-15-34(16-14-29)28(35)17-25-32-26(37-23-9-5-21(30)6-10-23)18-27(33-25)38-24-11-7-22(31)8-12-24/h5-12,18,20,36H,3-4,13-17,19H2,1-2H3. The molecule has 0 saturated carbocycles. The average molecular weight is 526 g/mol. The van der Waals surface area contributed by atoms with Crippen molar-refractivity contribution < 1.29 is 28.2 Å². The van der Waals surface area contributed by atoms with E-state index in [1.807, 2.05) is 0 Å². The number of halogens is 2. The quantitative estimate of drug-likeness (QED) is 0.346. The molecule has 3 aromatic rings. The van der Waals surface area contributed by atoms with Crippen LogP contribution in [0.4, 0.5) is 8.78 Å². The maximum absolute atomic E-state index is 13.3. The maximum Gasteiger partial charge on any atom is 0.230 e. The Hall–Kier alpha value is -3.59. The van der Waals surface area contributed by atoms with Gasteiger partial charge in [0, 0.05) is 13.1 Å². The molecule has 0 aliphatic carbocycles. The summed E-state index contributed by atoms with van der Waals surface area (Å²) in [5, 5.41) is 11.0. The molecule has 1 aromatic heterocycles. The van der Waals surface area contributed by atoms with Crippen molar-refractivity contribution in [3.05, 3.63) is 72.1 Å². The lowest BCUT2D eigenvalue weighted by Crippen LogP contribution is -2.48. The van der Waals surface area contributed by atoms with Gasteiger partial charge in [0.1, 0.15) is 29.0 Å². The molecule has 0 unspecified atom stereocenters. The molecule has 2 heterocycles. The summed E-state index contributed by atoms with van der Waals surface area (Å²) in [5.41, 5.74) is -0.747. The minimum atomic E-state index is -0.747. The van der Waals surface area contributed by atoms with Crippen LogP contribution in [-0.4, -0.2) is 44.6 Å². The fourth-order valence-corrected chi connectivity index (χ4v) is 4.62. The van der Waals surface area contributed by atoms with E-state index in [-0.39, 0.29) is 29.9 Å². The number of benzene rings is 2. The van der Waals surface area contributed by atoms with Crippen LogP contribution >= 0.6 is 0 Å². The summed E-state index contributed by atoms with van der Waals surface area (Å²) in [6, 6.07) is 12.3. The predicted octanol–water partition coefficient (Wildman–Crippen LogP) is 6.06. The molecule has 1 saturated heterocycles. The zero-order chi connectivity index (χ0) is 27.1. The fourth-order valence-electron chi connectivity index (χ4n) is 4.62. The average Bonchev–Trinajstić information content (AvgIpc) is 2.90. The Bertz CT molecular complexity index is 1140. The van der Waals surface area contributed by atoms with Crippen LogP contribution in [0.25, 0.3) is 0 Å². The number of carbonyl (C=O) groups is 1. The van der Waals surface area contributed by atoms with Crippen LogP contribution < -0.4 is 9.47 Å². The van der Waals surface area contributed by atoms with Crippen LogP contribution in [0.5, 0.6) is 23.3 Å². The molecule has 4 rings (SSSR count). The highest BCUT2D eigenvalue weighted by Crippen LogP contribution is 2.32. The fraction of sp³-hybridized carbons (Fsp3) is 0.414. The Morgan fingerprint density at radius 1 is 0.921 bits per heavy atom. The van der Waals surface area contributed by atoms with E-state index in [4.69, 9.17) is 9.47 Å². The van der Waals surface area contributed by atoms with Crippen LogP contribution in [0.15, 0.2) is 54.6 Å². The predicted molar refractivity (Wildman–Crippen MR) is 138 cm³/mol. The second-order valence-corrected chi connectivity index (χ2v) is 9.74. The van der Waals surface area contributed by atoms with Crippen LogP contribution in [0.3, 0.4) is 0 Å². The zero-order valence-corrected chi connectivity index (χ0v) is 21.7. The van der Waals surface area contributed by atoms with Gasteiger partial charge in [-0.05, 0) is 73.7 Å². The third kappa shape index (κ3) is 7.47. The summed E-state index contributed by atoms with van der Waals surface area (Å²) in [4.78, 5) is 23.6. The number of likely N-dealkylation sites (tertiary alicyclic amines) is 1. The molecule has 2 aromatic carbocycles. The highest BCUT2D eigenvalue weighted by molar-refractivity contribution is 5.78. The Balaban J connectivity index is 1.48. The second kappa shape index (κ2) is 12.3. The molecule has 0 radical (unpaired) electrons. The van der Waals surface area contributed by atoms with Gasteiger partial charge in [-0.25, -0.2) is 8.78 Å². The number of hydrogen-bond acceptors (Lipinski definition) is 6. The number of nitrogens with zero attached hydrogens (tertiary/aromatic N) is 3. The molecule has 1 fully saturated rings. The number of aliphatic hydroxyl groups is 1. The molecular weight excluding hydrogens is 492 g/mol. The molecule has 1 N–H and O–H groups in total. The van der Waals surface area contributed by atoms with Gasteiger partial charge in [0.25, 0.3) is 0 Å². The van der Waals surface area contributed by atoms with E-state index in [0.29, 0.717) is 43.3 Å². The molecule has 202 valence electrons. The minimum absolute atomic E-state index is 0.0919. The Morgan fingerprint density at radius 2 is 1.39 bits per heavy atom. The number of hydrogen-bond donors (Lipinski definition) is 1. The first kappa shape index (κ1) is 27.4. The number of ether oxygens (including phenoxy) is 2. The molecule has 1 amide bonds. The van der Waals surface area contributed by atoms with E-state index in [1.54, 1.807) is 4.90 Å². The smallest absolute Gasteiger partial charge is 0.230 e. The maximum atomic E-state index is 13.3. The third-order valence-electron chi connectivity index (χ3n) is 6.98. The van der Waals surface area contributed by atoms with E-state index in [9.17, 15) is 18.7 Å². The van der Waals surface area contributed by atoms with Gasteiger partial charge in [-0.15, -0.1) is 0 Å². The van der Waals surface area contributed by atoms with Crippen molar-refractivity contribution in [3.8, 4) is 23.3 Å². The number of rotatable bonds is 10. The summed E-state index contributed by atoms with van der Waals surface area (Å²) in [6.45, 7) is 5.19. The van der Waals surface area contributed by atoms with Gasteiger partial charge in [0.2, 0.25) is 17.7 Å². The van der Waals surface area contributed by atoms with Crippen molar-refractivity contribution >= 4 is 5.91 Å². The van der Waals surface area contributed by atoms with E-state index in [0.717, 1.165) is 19.3 Å². The lowest BCUT2D eigenvalue weighted by Gasteiger charge is -2.40. The lowest BCUT2D eigenvalue weighted by atomic mass is 9.81. The van der Waals surface area contributed by atoms with Gasteiger partial charge >= 0.3 is 0 Å². The summed E-state index contributed by atoms with van der Waals surface area (Å²) in [5.74, 6) is 0.616. The second-order valence-electron chi connectivity index (χ2n) is 9.74. The van der Waals surface area contributed by atoms with Gasteiger partial charge in [0.15, 0.2) is 0 Å². The Labute approximate surface area is 221 Å². The normalized spacial score (nSPS) is 14.9. The Morgan fingerprint density at radius 3 is 1.84 bits per heavy atom. The molecule has 38 heavy (non-hydrogen) atoms. The van der Waals surface area contributed by atoms with Gasteiger partial charge in [-0.1, -0.05) is 26.7 Å². The summed E-state index contributed by atoms with van der Waals surface area (Å²) in [7, 11) is 0. The summed E-state index contributed by atoms with van der Waals surface area (Å²) in [6.07, 6.45) is 3.77. The van der Waals surface area contributed by atoms with Gasteiger partial charge in [-0.2, -0.15) is 9.97 Å². The van der Waals surface area contributed by atoms with Crippen molar-refractivity contribution in [2.45, 2.75) is 58.0 Å². The van der Waals surface area contributed by atoms with E-state index in [1.165, 1.54) is 54.6 Å². The number of aromatic nitrogens is 2. The van der Waals surface area contributed by atoms with E-state index >= 15 is 0 Å². The van der Waals surface area contributed by atoms with Crippen LogP contribution in [0.1, 0.15) is 51.8 Å². The summed E-state index contributed by atoms with van der Waals surface area (Å²) >= 11 is 0. The molecular formula is C29H33F2N3O4. The molecule has 0 spiro atoms. The van der Waals surface area contributed by atoms with Crippen LogP contribution in [0.2, 0.25) is 0 Å². The minimum Gasteiger partial charge on any atom is -0.439 e. The molecule has 1 aliphatic heterocycles. The van der Waals surface area contributed by atoms with Crippen molar-refractivity contribution in [3.63, 3.8) is 0 Å². The molecule has 9 heteroatoms. The number of piperidine rings is 1. The van der Waals surface area contributed by atoms with E-state index < -0.39 is 17.2 Å². The van der Waals surface area contributed by atoms with E-state index in [2.05, 4.69) is 23.8 Å². The highest BCUT2D eigenvalue weighted by atomic mass is 19.1. The number of amides is 1. The zero-order valence-electron chi connectivity index (χ0n) is 21.7. The topological polar surface area (TPSA) is 84.8 Å². The monoisotopic (exact) mass is 525 g/mol. The first-order chi connectivity index (χ1) is 18.2. The molecule has 0 bridgehead atoms.